The fraction of sp³-hybridized carbons (Fsp3) is 0. The van der Waals surface area contributed by atoms with Crippen LogP contribution in [0.5, 0.6) is 0 Å². The second-order valence-electron chi connectivity index (χ2n) is 14.3. The number of rotatable bonds is 17. The molecule has 2 heterocycles. The van der Waals surface area contributed by atoms with Crippen molar-refractivity contribution in [3.63, 3.8) is 0 Å². The number of aromatic nitrogens is 6. The molecular weight excluding hydrogens is 937 g/mol. The Balaban J connectivity index is 1.01. The predicted octanol–water partition coefficient (Wildman–Crippen LogP) is 8.43. The lowest BCUT2D eigenvalue weighted by atomic mass is 10.1. The summed E-state index contributed by atoms with van der Waals surface area (Å²) in [6, 6.07) is 39.9. The molecule has 344 valence electrons. The third-order valence-electron chi connectivity index (χ3n) is 9.32. The van der Waals surface area contributed by atoms with Crippen LogP contribution in [-0.4, -0.2) is 68.8 Å². The van der Waals surface area contributed by atoms with Crippen LogP contribution < -0.4 is 31.9 Å². The Hall–Kier alpha value is -8.39. The topological polar surface area (TPSA) is 313 Å². The standard InChI is InChI=1S/C44H36N12O9S3/c57-66(58,59)36-23-19-33(20-24-36)48-42-52-41(53-43(54-42)49-34-21-25-37(26-22-34)67(60,61)62)47-32-16-12-28(13-17-32)11-14-29-15-18-35(27-38(29)68(63,64)65)50-44-55-39(45-30-7-3-1-4-8-30)51-40(56-44)46-31-9-5-2-6-10-31/h1-27H,(H,57,58,59)(H,60,61,62)(H,63,64,65)(H3,45,46,50,51,55,56)(H3,47,48,49,52,53,54). The normalized spacial score (nSPS) is 11.8. The number of nitrogens with zero attached hydrogens (tertiary/aromatic N) is 6. The van der Waals surface area contributed by atoms with Crippen molar-refractivity contribution in [2.45, 2.75) is 14.7 Å². The first-order valence-corrected chi connectivity index (χ1v) is 24.1. The first-order chi connectivity index (χ1) is 32.5. The van der Waals surface area contributed by atoms with E-state index in [4.69, 9.17) is 0 Å². The highest BCUT2D eigenvalue weighted by Gasteiger charge is 2.17. The number of anilines is 12. The Morgan fingerprint density at radius 3 is 0.985 bits per heavy atom. The molecule has 6 aromatic carbocycles. The monoisotopic (exact) mass is 972 g/mol. The van der Waals surface area contributed by atoms with Crippen molar-refractivity contribution in [2.24, 2.45) is 0 Å². The van der Waals surface area contributed by atoms with E-state index in [1.54, 1.807) is 36.4 Å². The summed E-state index contributed by atoms with van der Waals surface area (Å²) >= 11 is 0. The quantitative estimate of drug-likeness (QED) is 0.0305. The Morgan fingerprint density at radius 1 is 0.338 bits per heavy atom. The lowest BCUT2D eigenvalue weighted by Crippen LogP contribution is -2.08. The summed E-state index contributed by atoms with van der Waals surface area (Å²) < 4.78 is 101. The molecule has 0 fully saturated rings. The molecular formula is C44H36N12O9S3. The second-order valence-corrected chi connectivity index (χ2v) is 18.5. The predicted molar refractivity (Wildman–Crippen MR) is 256 cm³/mol. The summed E-state index contributed by atoms with van der Waals surface area (Å²) in [5.74, 6) is 0.512. The van der Waals surface area contributed by atoms with Gasteiger partial charge in [0.15, 0.2) is 0 Å². The van der Waals surface area contributed by atoms with Gasteiger partial charge >= 0.3 is 0 Å². The van der Waals surface area contributed by atoms with E-state index in [0.29, 0.717) is 22.6 Å². The summed E-state index contributed by atoms with van der Waals surface area (Å²) in [5.41, 5.74) is 3.75. The van der Waals surface area contributed by atoms with Crippen molar-refractivity contribution >= 4 is 112 Å². The lowest BCUT2D eigenvalue weighted by Gasteiger charge is -2.13. The van der Waals surface area contributed by atoms with Crippen molar-refractivity contribution in [3.8, 4) is 0 Å². The zero-order valence-electron chi connectivity index (χ0n) is 34.8. The molecule has 0 bridgehead atoms. The third kappa shape index (κ3) is 12.5. The molecule has 0 atom stereocenters. The Bertz CT molecular complexity index is 3310. The first kappa shape index (κ1) is 46.2. The minimum atomic E-state index is -4.73. The highest BCUT2D eigenvalue weighted by atomic mass is 32.2. The average molecular weight is 973 g/mol. The van der Waals surface area contributed by atoms with Crippen LogP contribution >= 0.6 is 0 Å². The summed E-state index contributed by atoms with van der Waals surface area (Å²) in [6.07, 6.45) is 3.17. The second kappa shape index (κ2) is 19.6. The molecule has 0 amide bonds. The van der Waals surface area contributed by atoms with Crippen LogP contribution in [0.15, 0.2) is 166 Å². The van der Waals surface area contributed by atoms with Gasteiger partial charge in [-0.1, -0.05) is 66.7 Å². The molecule has 2 aromatic heterocycles. The van der Waals surface area contributed by atoms with Crippen LogP contribution in [0.4, 0.5) is 69.8 Å². The van der Waals surface area contributed by atoms with Gasteiger partial charge < -0.3 is 31.9 Å². The minimum absolute atomic E-state index is 0.00230. The van der Waals surface area contributed by atoms with E-state index in [9.17, 15) is 38.9 Å². The fourth-order valence-corrected chi connectivity index (χ4v) is 7.83. The van der Waals surface area contributed by atoms with E-state index in [-0.39, 0.29) is 61.6 Å². The molecule has 0 saturated heterocycles. The van der Waals surface area contributed by atoms with Crippen LogP contribution in [0.2, 0.25) is 0 Å². The third-order valence-corrected chi connectivity index (χ3v) is 12.0. The van der Waals surface area contributed by atoms with Crippen molar-refractivity contribution in [1.82, 2.24) is 29.9 Å². The minimum Gasteiger partial charge on any atom is -0.324 e. The molecule has 0 saturated carbocycles. The van der Waals surface area contributed by atoms with E-state index in [2.05, 4.69) is 61.8 Å². The van der Waals surface area contributed by atoms with Crippen LogP contribution in [0.3, 0.4) is 0 Å². The van der Waals surface area contributed by atoms with Crippen LogP contribution in [0.25, 0.3) is 12.2 Å². The molecule has 68 heavy (non-hydrogen) atoms. The number of para-hydroxylation sites is 2. The SMILES string of the molecule is O=S(=O)(O)c1ccc(Nc2nc(Nc3ccc(C=Cc4ccc(Nc5nc(Nc6ccccc6)nc(Nc6ccccc6)n5)cc4S(=O)(=O)O)cc3)nc(Nc3ccc(S(=O)(=O)O)cc3)n2)cc1. The molecule has 9 N–H and O–H groups in total. The maximum atomic E-state index is 12.7. The molecule has 24 heteroatoms. The van der Waals surface area contributed by atoms with Gasteiger partial charge in [0.2, 0.25) is 35.7 Å². The van der Waals surface area contributed by atoms with Crippen molar-refractivity contribution in [2.75, 3.05) is 31.9 Å². The van der Waals surface area contributed by atoms with Gasteiger partial charge in [0.25, 0.3) is 30.4 Å². The molecule has 0 aliphatic heterocycles. The molecule has 8 aromatic rings. The molecule has 0 aliphatic rings. The molecule has 0 spiro atoms. The molecule has 0 unspecified atom stereocenters. The Labute approximate surface area is 388 Å². The Kier molecular flexibility index (Phi) is 13.3. The van der Waals surface area contributed by atoms with Crippen LogP contribution in [0, 0.1) is 0 Å². The van der Waals surface area contributed by atoms with Gasteiger partial charge in [0, 0.05) is 34.1 Å². The van der Waals surface area contributed by atoms with Gasteiger partial charge in [0.1, 0.15) is 4.90 Å². The fourth-order valence-electron chi connectivity index (χ4n) is 6.16. The average Bonchev–Trinajstić information content (AvgIpc) is 3.29. The van der Waals surface area contributed by atoms with E-state index >= 15 is 0 Å². The first-order valence-electron chi connectivity index (χ1n) is 19.8. The van der Waals surface area contributed by atoms with Crippen molar-refractivity contribution in [1.29, 1.82) is 0 Å². The van der Waals surface area contributed by atoms with E-state index in [0.717, 1.165) is 11.4 Å². The lowest BCUT2D eigenvalue weighted by molar-refractivity contribution is 0.481. The molecule has 21 nitrogen and oxygen atoms in total. The van der Waals surface area contributed by atoms with E-state index in [1.165, 1.54) is 66.7 Å². The summed E-state index contributed by atoms with van der Waals surface area (Å²) in [5, 5.41) is 18.2. The number of hydrogen-bond donors (Lipinski definition) is 9. The zero-order valence-corrected chi connectivity index (χ0v) is 37.2. The van der Waals surface area contributed by atoms with Gasteiger partial charge in [-0.25, -0.2) is 0 Å². The van der Waals surface area contributed by atoms with Gasteiger partial charge in [-0.2, -0.15) is 55.2 Å². The summed E-state index contributed by atoms with van der Waals surface area (Å²) in [7, 11) is -13.6. The maximum Gasteiger partial charge on any atom is 0.295 e. The smallest absolute Gasteiger partial charge is 0.295 e. The van der Waals surface area contributed by atoms with E-state index in [1.807, 2.05) is 60.7 Å². The summed E-state index contributed by atoms with van der Waals surface area (Å²) in [6.45, 7) is 0. The highest BCUT2D eigenvalue weighted by molar-refractivity contribution is 7.86. The van der Waals surface area contributed by atoms with E-state index < -0.39 is 30.4 Å². The maximum absolute atomic E-state index is 12.7. The largest absolute Gasteiger partial charge is 0.324 e. The van der Waals surface area contributed by atoms with Crippen molar-refractivity contribution in [3.05, 3.63) is 163 Å². The van der Waals surface area contributed by atoms with Crippen LogP contribution in [0.1, 0.15) is 11.1 Å². The molecule has 0 radical (unpaired) electrons. The molecule has 8 rings (SSSR count). The highest BCUT2D eigenvalue weighted by Crippen LogP contribution is 2.28. The van der Waals surface area contributed by atoms with Gasteiger partial charge in [-0.05, 0) is 108 Å². The van der Waals surface area contributed by atoms with Crippen molar-refractivity contribution < 1.29 is 38.9 Å². The Morgan fingerprint density at radius 2 is 0.647 bits per heavy atom. The van der Waals surface area contributed by atoms with Crippen LogP contribution in [-0.2, 0) is 30.4 Å². The van der Waals surface area contributed by atoms with Gasteiger partial charge in [-0.15, -0.1) is 0 Å². The zero-order chi connectivity index (χ0) is 47.9. The summed E-state index contributed by atoms with van der Waals surface area (Å²) in [4.78, 5) is 25.6. The number of hydrogen-bond acceptors (Lipinski definition) is 18. The number of benzene rings is 6. The van der Waals surface area contributed by atoms with Gasteiger partial charge in [-0.3, -0.25) is 13.7 Å². The number of nitrogens with one attached hydrogen (secondary N) is 6. The van der Waals surface area contributed by atoms with Gasteiger partial charge in [0.05, 0.1) is 9.79 Å². The molecule has 0 aliphatic carbocycles.